The monoisotopic (exact) mass is 251 g/mol. The van der Waals surface area contributed by atoms with Crippen LogP contribution in [0.2, 0.25) is 0 Å². The number of nitrogen functional groups attached to an aromatic ring is 1. The predicted molar refractivity (Wildman–Crippen MR) is 76.2 cm³/mol. The van der Waals surface area contributed by atoms with Crippen molar-refractivity contribution in [2.75, 3.05) is 12.3 Å². The molecule has 0 radical (unpaired) electrons. The summed E-state index contributed by atoms with van der Waals surface area (Å²) in [5, 5.41) is 0. The van der Waals surface area contributed by atoms with Gasteiger partial charge in [0.1, 0.15) is 11.5 Å². The number of anilines is 1. The summed E-state index contributed by atoms with van der Waals surface area (Å²) in [6.45, 7) is 9.22. The van der Waals surface area contributed by atoms with Crippen LogP contribution in [-0.2, 0) is 0 Å². The standard InChI is InChI=1S/C15H25NO2/c1-5-8-17-15-10-13(6-7-14(15)16)18-12(4)9-11(2)3/h6-7,10-12H,5,8-9,16H2,1-4H3. The largest absolute Gasteiger partial charge is 0.491 e. The Labute approximate surface area is 110 Å². The summed E-state index contributed by atoms with van der Waals surface area (Å²) < 4.78 is 11.4. The molecule has 0 heterocycles. The molecule has 0 bridgehead atoms. The van der Waals surface area contributed by atoms with E-state index in [2.05, 4.69) is 27.7 Å². The van der Waals surface area contributed by atoms with Gasteiger partial charge in [-0.25, -0.2) is 0 Å². The van der Waals surface area contributed by atoms with Gasteiger partial charge in [0.15, 0.2) is 0 Å². The summed E-state index contributed by atoms with van der Waals surface area (Å²) >= 11 is 0. The summed E-state index contributed by atoms with van der Waals surface area (Å²) in [6, 6.07) is 5.61. The Kier molecular flexibility index (Phi) is 5.83. The quantitative estimate of drug-likeness (QED) is 0.748. The first-order chi connectivity index (χ1) is 8.52. The highest BCUT2D eigenvalue weighted by Crippen LogP contribution is 2.28. The van der Waals surface area contributed by atoms with Crippen LogP contribution in [0.5, 0.6) is 11.5 Å². The molecule has 0 spiro atoms. The van der Waals surface area contributed by atoms with Crippen LogP contribution in [0.3, 0.4) is 0 Å². The van der Waals surface area contributed by atoms with Crippen LogP contribution < -0.4 is 15.2 Å². The molecule has 1 aromatic carbocycles. The molecule has 0 aromatic heterocycles. The number of nitrogens with two attached hydrogens (primary N) is 1. The Morgan fingerprint density at radius 2 is 1.94 bits per heavy atom. The number of ether oxygens (including phenoxy) is 2. The molecule has 0 aliphatic rings. The molecular formula is C15H25NO2. The van der Waals surface area contributed by atoms with Crippen molar-refractivity contribution in [2.24, 2.45) is 5.92 Å². The fourth-order valence-corrected chi connectivity index (χ4v) is 1.87. The van der Waals surface area contributed by atoms with E-state index in [1.165, 1.54) is 0 Å². The maximum Gasteiger partial charge on any atom is 0.145 e. The lowest BCUT2D eigenvalue weighted by Gasteiger charge is -2.17. The molecule has 1 unspecified atom stereocenters. The number of benzene rings is 1. The van der Waals surface area contributed by atoms with Crippen LogP contribution >= 0.6 is 0 Å². The predicted octanol–water partition coefficient (Wildman–Crippen LogP) is 3.87. The smallest absolute Gasteiger partial charge is 0.145 e. The van der Waals surface area contributed by atoms with E-state index in [-0.39, 0.29) is 6.10 Å². The summed E-state index contributed by atoms with van der Waals surface area (Å²) in [7, 11) is 0. The van der Waals surface area contributed by atoms with Crippen molar-refractivity contribution in [1.82, 2.24) is 0 Å². The van der Waals surface area contributed by atoms with E-state index in [4.69, 9.17) is 15.2 Å². The summed E-state index contributed by atoms with van der Waals surface area (Å²) in [6.07, 6.45) is 2.21. The van der Waals surface area contributed by atoms with Gasteiger partial charge in [-0.05, 0) is 37.8 Å². The van der Waals surface area contributed by atoms with Crippen molar-refractivity contribution in [3.8, 4) is 11.5 Å². The van der Waals surface area contributed by atoms with Gasteiger partial charge in [-0.1, -0.05) is 20.8 Å². The topological polar surface area (TPSA) is 44.5 Å². The lowest BCUT2D eigenvalue weighted by Crippen LogP contribution is -2.14. The highest BCUT2D eigenvalue weighted by Gasteiger charge is 2.09. The Balaban J connectivity index is 2.66. The third-order valence-corrected chi connectivity index (χ3v) is 2.59. The lowest BCUT2D eigenvalue weighted by molar-refractivity contribution is 0.192. The zero-order chi connectivity index (χ0) is 13.5. The van der Waals surface area contributed by atoms with Crippen LogP contribution in [0.15, 0.2) is 18.2 Å². The van der Waals surface area contributed by atoms with Crippen LogP contribution in [0.1, 0.15) is 40.5 Å². The molecule has 0 aliphatic carbocycles. The molecule has 0 amide bonds. The third-order valence-electron chi connectivity index (χ3n) is 2.59. The molecule has 1 atom stereocenters. The summed E-state index contributed by atoms with van der Waals surface area (Å²) in [5.74, 6) is 2.17. The molecule has 0 fully saturated rings. The molecule has 0 saturated heterocycles. The number of hydrogen-bond donors (Lipinski definition) is 1. The third kappa shape index (κ3) is 4.86. The molecule has 1 aromatic rings. The van der Waals surface area contributed by atoms with Crippen molar-refractivity contribution in [2.45, 2.75) is 46.6 Å². The molecule has 0 aliphatic heterocycles. The van der Waals surface area contributed by atoms with Crippen molar-refractivity contribution in [3.05, 3.63) is 18.2 Å². The molecule has 18 heavy (non-hydrogen) atoms. The van der Waals surface area contributed by atoms with Gasteiger partial charge in [0, 0.05) is 6.07 Å². The van der Waals surface area contributed by atoms with Gasteiger partial charge < -0.3 is 15.2 Å². The summed E-state index contributed by atoms with van der Waals surface area (Å²) in [4.78, 5) is 0. The van der Waals surface area contributed by atoms with Crippen LogP contribution in [0, 0.1) is 5.92 Å². The minimum absolute atomic E-state index is 0.202. The van der Waals surface area contributed by atoms with E-state index in [1.54, 1.807) is 0 Å². The maximum absolute atomic E-state index is 5.87. The number of hydrogen-bond acceptors (Lipinski definition) is 3. The SMILES string of the molecule is CCCOc1cc(OC(C)CC(C)C)ccc1N. The van der Waals surface area contributed by atoms with Crippen LogP contribution in [0.4, 0.5) is 5.69 Å². The van der Waals surface area contributed by atoms with E-state index in [1.807, 2.05) is 18.2 Å². The first kappa shape index (κ1) is 14.7. The van der Waals surface area contributed by atoms with E-state index >= 15 is 0 Å². The zero-order valence-corrected chi connectivity index (χ0v) is 11.9. The second-order valence-corrected chi connectivity index (χ2v) is 5.11. The minimum atomic E-state index is 0.202. The first-order valence-corrected chi connectivity index (χ1v) is 6.71. The Bertz CT molecular complexity index is 364. The normalized spacial score (nSPS) is 12.5. The van der Waals surface area contributed by atoms with Gasteiger partial charge in [0.2, 0.25) is 0 Å². The van der Waals surface area contributed by atoms with Gasteiger partial charge in [0.05, 0.1) is 18.4 Å². The minimum Gasteiger partial charge on any atom is -0.491 e. The second kappa shape index (κ2) is 7.14. The molecule has 2 N–H and O–H groups in total. The molecule has 0 saturated carbocycles. The van der Waals surface area contributed by atoms with Gasteiger partial charge in [0.25, 0.3) is 0 Å². The van der Waals surface area contributed by atoms with E-state index < -0.39 is 0 Å². The average Bonchev–Trinajstić information content (AvgIpc) is 2.28. The second-order valence-electron chi connectivity index (χ2n) is 5.11. The highest BCUT2D eigenvalue weighted by molar-refractivity contribution is 5.55. The van der Waals surface area contributed by atoms with Crippen molar-refractivity contribution >= 4 is 5.69 Å². The average molecular weight is 251 g/mol. The van der Waals surface area contributed by atoms with Crippen molar-refractivity contribution in [1.29, 1.82) is 0 Å². The molecule has 3 heteroatoms. The van der Waals surface area contributed by atoms with Crippen molar-refractivity contribution < 1.29 is 9.47 Å². The molecule has 102 valence electrons. The van der Waals surface area contributed by atoms with E-state index in [9.17, 15) is 0 Å². The maximum atomic E-state index is 5.87. The Morgan fingerprint density at radius 3 is 2.56 bits per heavy atom. The van der Waals surface area contributed by atoms with Gasteiger partial charge in [-0.3, -0.25) is 0 Å². The van der Waals surface area contributed by atoms with Gasteiger partial charge >= 0.3 is 0 Å². The summed E-state index contributed by atoms with van der Waals surface area (Å²) in [5.41, 5.74) is 6.52. The lowest BCUT2D eigenvalue weighted by atomic mass is 10.1. The Hall–Kier alpha value is -1.38. The fraction of sp³-hybridized carbons (Fsp3) is 0.600. The zero-order valence-electron chi connectivity index (χ0n) is 11.9. The number of rotatable bonds is 7. The fourth-order valence-electron chi connectivity index (χ4n) is 1.87. The molecule has 1 rings (SSSR count). The van der Waals surface area contributed by atoms with Crippen LogP contribution in [0.25, 0.3) is 0 Å². The Morgan fingerprint density at radius 1 is 1.22 bits per heavy atom. The van der Waals surface area contributed by atoms with E-state index in [0.717, 1.165) is 18.6 Å². The van der Waals surface area contributed by atoms with Crippen molar-refractivity contribution in [3.63, 3.8) is 0 Å². The van der Waals surface area contributed by atoms with Crippen LogP contribution in [-0.4, -0.2) is 12.7 Å². The van der Waals surface area contributed by atoms with Gasteiger partial charge in [-0.15, -0.1) is 0 Å². The highest BCUT2D eigenvalue weighted by atomic mass is 16.5. The molecule has 3 nitrogen and oxygen atoms in total. The van der Waals surface area contributed by atoms with Gasteiger partial charge in [-0.2, -0.15) is 0 Å². The first-order valence-electron chi connectivity index (χ1n) is 6.71. The molecular weight excluding hydrogens is 226 g/mol. The van der Waals surface area contributed by atoms with E-state index in [0.29, 0.717) is 24.0 Å².